The maximum Gasteiger partial charge on any atom is 0.254 e. The number of nitrogens with one attached hydrogen (secondary N) is 2. The van der Waals surface area contributed by atoms with Gasteiger partial charge in [-0.05, 0) is 37.6 Å². The summed E-state index contributed by atoms with van der Waals surface area (Å²) >= 11 is 6.07. The van der Waals surface area contributed by atoms with Crippen molar-refractivity contribution in [2.75, 3.05) is 36.9 Å². The van der Waals surface area contributed by atoms with Gasteiger partial charge < -0.3 is 15.4 Å². The van der Waals surface area contributed by atoms with Crippen LogP contribution in [0.5, 0.6) is 0 Å². The van der Waals surface area contributed by atoms with E-state index in [2.05, 4.69) is 22.5 Å². The molecule has 0 aromatic heterocycles. The third kappa shape index (κ3) is 3.91. The first kappa shape index (κ1) is 15.6. The van der Waals surface area contributed by atoms with E-state index in [1.807, 2.05) is 12.1 Å². The summed E-state index contributed by atoms with van der Waals surface area (Å²) in [7, 11) is 0. The molecule has 1 atom stereocenters. The lowest BCUT2D eigenvalue weighted by Gasteiger charge is -2.31. The van der Waals surface area contributed by atoms with Gasteiger partial charge in [0.25, 0.3) is 5.91 Å². The van der Waals surface area contributed by atoms with Crippen LogP contribution in [0.3, 0.4) is 0 Å². The highest BCUT2D eigenvalue weighted by Crippen LogP contribution is 2.31. The Morgan fingerprint density at radius 2 is 2.23 bits per heavy atom. The predicted molar refractivity (Wildman–Crippen MR) is 88.6 cm³/mol. The van der Waals surface area contributed by atoms with Gasteiger partial charge in [0.2, 0.25) is 0 Å². The first-order valence-electron chi connectivity index (χ1n) is 7.86. The minimum absolute atomic E-state index is 0.112. The molecule has 1 amide bonds. The van der Waals surface area contributed by atoms with E-state index in [0.29, 0.717) is 24.2 Å². The zero-order valence-corrected chi connectivity index (χ0v) is 13.5. The summed E-state index contributed by atoms with van der Waals surface area (Å²) in [6.07, 6.45) is 1.92. The SMILES string of the molecule is CCN1CCO[C@H](C(=O)Nc2cc(Cl)ccc2NC2CC2)C1. The number of ether oxygens (including phenoxy) is 1. The van der Waals surface area contributed by atoms with Crippen molar-refractivity contribution in [2.45, 2.75) is 31.9 Å². The molecule has 0 bridgehead atoms. The Hall–Kier alpha value is -1.30. The highest BCUT2D eigenvalue weighted by atomic mass is 35.5. The summed E-state index contributed by atoms with van der Waals surface area (Å²) in [6, 6.07) is 6.04. The van der Waals surface area contributed by atoms with E-state index in [-0.39, 0.29) is 5.91 Å². The van der Waals surface area contributed by atoms with Gasteiger partial charge in [-0.2, -0.15) is 0 Å². The molecule has 0 spiro atoms. The number of benzene rings is 1. The minimum Gasteiger partial charge on any atom is -0.381 e. The summed E-state index contributed by atoms with van der Waals surface area (Å²) in [5.41, 5.74) is 1.64. The Labute approximate surface area is 136 Å². The highest BCUT2D eigenvalue weighted by Gasteiger charge is 2.27. The molecule has 120 valence electrons. The smallest absolute Gasteiger partial charge is 0.254 e. The number of hydrogen-bond donors (Lipinski definition) is 2. The van der Waals surface area contributed by atoms with Crippen molar-refractivity contribution < 1.29 is 9.53 Å². The predicted octanol–water partition coefficient (Wildman–Crippen LogP) is 2.57. The molecule has 22 heavy (non-hydrogen) atoms. The van der Waals surface area contributed by atoms with Crippen LogP contribution in [-0.2, 0) is 9.53 Å². The zero-order valence-electron chi connectivity index (χ0n) is 12.8. The van der Waals surface area contributed by atoms with Crippen LogP contribution >= 0.6 is 11.6 Å². The largest absolute Gasteiger partial charge is 0.381 e. The second-order valence-corrected chi connectivity index (χ2v) is 6.29. The van der Waals surface area contributed by atoms with Gasteiger partial charge in [0.1, 0.15) is 6.10 Å². The van der Waals surface area contributed by atoms with Crippen LogP contribution in [-0.4, -0.2) is 49.2 Å². The molecule has 3 rings (SSSR count). The highest BCUT2D eigenvalue weighted by molar-refractivity contribution is 6.31. The molecule has 5 nitrogen and oxygen atoms in total. The molecule has 2 N–H and O–H groups in total. The zero-order chi connectivity index (χ0) is 15.5. The Kier molecular flexibility index (Phi) is 4.86. The van der Waals surface area contributed by atoms with E-state index in [4.69, 9.17) is 16.3 Å². The number of nitrogens with zero attached hydrogens (tertiary/aromatic N) is 1. The molecular formula is C16H22ClN3O2. The number of amides is 1. The number of carbonyl (C=O) groups excluding carboxylic acids is 1. The van der Waals surface area contributed by atoms with E-state index in [1.165, 1.54) is 12.8 Å². The fourth-order valence-electron chi connectivity index (χ4n) is 2.55. The molecule has 0 unspecified atom stereocenters. The molecular weight excluding hydrogens is 302 g/mol. The van der Waals surface area contributed by atoms with Crippen LogP contribution in [0.25, 0.3) is 0 Å². The van der Waals surface area contributed by atoms with Crippen molar-refractivity contribution in [3.63, 3.8) is 0 Å². The number of halogens is 1. The topological polar surface area (TPSA) is 53.6 Å². The van der Waals surface area contributed by atoms with Gasteiger partial charge >= 0.3 is 0 Å². The van der Waals surface area contributed by atoms with E-state index < -0.39 is 6.10 Å². The fraction of sp³-hybridized carbons (Fsp3) is 0.562. The molecule has 0 radical (unpaired) electrons. The van der Waals surface area contributed by atoms with Gasteiger partial charge in [-0.25, -0.2) is 0 Å². The van der Waals surface area contributed by atoms with E-state index in [0.717, 1.165) is 24.5 Å². The van der Waals surface area contributed by atoms with Crippen molar-refractivity contribution in [2.24, 2.45) is 0 Å². The average molecular weight is 324 g/mol. The van der Waals surface area contributed by atoms with E-state index in [1.54, 1.807) is 6.07 Å². The van der Waals surface area contributed by atoms with Crippen molar-refractivity contribution in [1.29, 1.82) is 0 Å². The van der Waals surface area contributed by atoms with Crippen LogP contribution in [0.15, 0.2) is 18.2 Å². The van der Waals surface area contributed by atoms with Crippen LogP contribution < -0.4 is 10.6 Å². The molecule has 2 aliphatic rings. The van der Waals surface area contributed by atoms with Gasteiger partial charge in [0.05, 0.1) is 18.0 Å². The third-order valence-corrected chi connectivity index (χ3v) is 4.30. The first-order valence-corrected chi connectivity index (χ1v) is 8.24. The number of rotatable bonds is 5. The second-order valence-electron chi connectivity index (χ2n) is 5.85. The summed E-state index contributed by atoms with van der Waals surface area (Å²) < 4.78 is 5.60. The summed E-state index contributed by atoms with van der Waals surface area (Å²) in [4.78, 5) is 14.7. The monoisotopic (exact) mass is 323 g/mol. The lowest BCUT2D eigenvalue weighted by atomic mass is 10.2. The maximum atomic E-state index is 12.5. The quantitative estimate of drug-likeness (QED) is 0.874. The average Bonchev–Trinajstić information content (AvgIpc) is 3.34. The van der Waals surface area contributed by atoms with Crippen molar-refractivity contribution in [3.8, 4) is 0 Å². The summed E-state index contributed by atoms with van der Waals surface area (Å²) in [6.45, 7) is 5.13. The van der Waals surface area contributed by atoms with Gasteiger partial charge in [-0.15, -0.1) is 0 Å². The fourth-order valence-corrected chi connectivity index (χ4v) is 2.73. The van der Waals surface area contributed by atoms with Gasteiger partial charge in [-0.1, -0.05) is 18.5 Å². The molecule has 6 heteroatoms. The molecule has 1 aromatic carbocycles. The maximum absolute atomic E-state index is 12.5. The standard InChI is InChI=1S/C16H22ClN3O2/c1-2-20-7-8-22-15(10-20)16(21)19-14-9-11(17)3-6-13(14)18-12-4-5-12/h3,6,9,12,15,18H,2,4-5,7-8,10H2,1H3,(H,19,21)/t15-/m0/s1. The lowest BCUT2D eigenvalue weighted by Crippen LogP contribution is -2.47. The Bertz CT molecular complexity index is 548. The van der Waals surface area contributed by atoms with Crippen LogP contribution in [0.1, 0.15) is 19.8 Å². The molecule has 1 heterocycles. The Balaban J connectivity index is 1.68. The van der Waals surface area contributed by atoms with Gasteiger partial charge in [0.15, 0.2) is 0 Å². The summed E-state index contributed by atoms with van der Waals surface area (Å²) in [5.74, 6) is -0.112. The molecule has 1 saturated heterocycles. The lowest BCUT2D eigenvalue weighted by molar-refractivity contribution is -0.132. The van der Waals surface area contributed by atoms with E-state index in [9.17, 15) is 4.79 Å². The number of hydrogen-bond acceptors (Lipinski definition) is 4. The molecule has 1 aliphatic heterocycles. The molecule has 2 fully saturated rings. The molecule has 1 saturated carbocycles. The Morgan fingerprint density at radius 1 is 1.41 bits per heavy atom. The second kappa shape index (κ2) is 6.86. The van der Waals surface area contributed by atoms with Crippen molar-refractivity contribution in [1.82, 2.24) is 4.90 Å². The number of carbonyl (C=O) groups is 1. The Morgan fingerprint density at radius 3 is 2.95 bits per heavy atom. The minimum atomic E-state index is -0.429. The van der Waals surface area contributed by atoms with Crippen LogP contribution in [0.4, 0.5) is 11.4 Å². The van der Waals surface area contributed by atoms with Crippen molar-refractivity contribution in [3.05, 3.63) is 23.2 Å². The van der Waals surface area contributed by atoms with Crippen LogP contribution in [0.2, 0.25) is 5.02 Å². The van der Waals surface area contributed by atoms with Crippen LogP contribution in [0, 0.1) is 0 Å². The number of morpholine rings is 1. The first-order chi connectivity index (χ1) is 10.7. The van der Waals surface area contributed by atoms with Gasteiger partial charge in [0, 0.05) is 24.2 Å². The normalized spacial score (nSPS) is 22.4. The number of anilines is 2. The third-order valence-electron chi connectivity index (χ3n) is 4.07. The molecule has 1 aliphatic carbocycles. The number of likely N-dealkylation sites (N-methyl/N-ethyl adjacent to an activating group) is 1. The van der Waals surface area contributed by atoms with Gasteiger partial charge in [-0.3, -0.25) is 9.69 Å². The van der Waals surface area contributed by atoms with Crippen molar-refractivity contribution >= 4 is 28.9 Å². The van der Waals surface area contributed by atoms with E-state index >= 15 is 0 Å². The molecule has 1 aromatic rings. The summed E-state index contributed by atoms with van der Waals surface area (Å²) in [5, 5.41) is 6.98.